The zero-order valence-electron chi connectivity index (χ0n) is 19.5. The average molecular weight is 539 g/mol. The first-order chi connectivity index (χ1) is 17.7. The second-order valence-electron chi connectivity index (χ2n) is 8.48. The Morgan fingerprint density at radius 1 is 1.00 bits per heavy atom. The van der Waals surface area contributed by atoms with E-state index in [-0.39, 0.29) is 28.8 Å². The smallest absolute Gasteiger partial charge is 0.456 e. The van der Waals surface area contributed by atoms with Crippen LogP contribution in [0.3, 0.4) is 0 Å². The number of anilines is 1. The van der Waals surface area contributed by atoms with Gasteiger partial charge in [-0.25, -0.2) is 0 Å². The van der Waals surface area contributed by atoms with Gasteiger partial charge >= 0.3 is 12.5 Å². The van der Waals surface area contributed by atoms with Crippen molar-refractivity contribution in [2.24, 2.45) is 5.73 Å². The van der Waals surface area contributed by atoms with Crippen molar-refractivity contribution in [2.75, 3.05) is 5.32 Å². The van der Waals surface area contributed by atoms with Crippen LogP contribution in [-0.2, 0) is 6.18 Å². The number of carbonyl (C=O) groups excluding carboxylic acids is 2. The summed E-state index contributed by atoms with van der Waals surface area (Å²) >= 11 is 0. The third-order valence-electron chi connectivity index (χ3n) is 5.68. The predicted molar refractivity (Wildman–Crippen MR) is 122 cm³/mol. The van der Waals surface area contributed by atoms with E-state index in [0.717, 1.165) is 37.3 Å². The zero-order chi connectivity index (χ0) is 27.8. The Kier molecular flexibility index (Phi) is 6.96. The molecule has 0 unspecified atom stereocenters. The van der Waals surface area contributed by atoms with E-state index in [1.807, 2.05) is 0 Å². The lowest BCUT2D eigenvalue weighted by Crippen LogP contribution is -2.19. The standard InChI is InChI=1S/C25H19F6N3O4/c1-12-17(24(26,27)28)5-7-20(21(12)23(36)34-14-8-9-33-18(10-14)22(32)35)37-19-6-4-15(38-25(29,30)31)11-16(19)13-2-3-13/h4-11,13H,2-3H2,1H3,(H2,32,35)(H,33,34,36). The van der Waals surface area contributed by atoms with E-state index in [9.17, 15) is 35.9 Å². The van der Waals surface area contributed by atoms with Crippen molar-refractivity contribution >= 4 is 17.5 Å². The molecule has 1 aliphatic rings. The number of nitrogens with zero attached hydrogens (tertiary/aromatic N) is 1. The highest BCUT2D eigenvalue weighted by atomic mass is 19.4. The number of primary amides is 1. The second kappa shape index (κ2) is 9.88. The topological polar surface area (TPSA) is 104 Å². The number of pyridine rings is 1. The molecule has 0 spiro atoms. The number of ether oxygens (including phenoxy) is 2. The molecule has 1 fully saturated rings. The van der Waals surface area contributed by atoms with Gasteiger partial charge in [-0.3, -0.25) is 14.6 Å². The van der Waals surface area contributed by atoms with E-state index < -0.39 is 46.8 Å². The number of rotatable bonds is 7. The maximum Gasteiger partial charge on any atom is 0.573 e. The number of amides is 2. The molecule has 0 aliphatic heterocycles. The molecule has 13 heteroatoms. The molecule has 0 saturated heterocycles. The van der Waals surface area contributed by atoms with E-state index in [2.05, 4.69) is 15.0 Å². The largest absolute Gasteiger partial charge is 0.573 e. The molecule has 200 valence electrons. The summed E-state index contributed by atoms with van der Waals surface area (Å²) in [6, 6.07) is 7.52. The van der Waals surface area contributed by atoms with Crippen molar-refractivity contribution in [1.82, 2.24) is 4.98 Å². The van der Waals surface area contributed by atoms with Gasteiger partial charge in [-0.2, -0.15) is 13.2 Å². The number of carbonyl (C=O) groups is 2. The number of benzene rings is 2. The number of nitrogens with two attached hydrogens (primary N) is 1. The van der Waals surface area contributed by atoms with Crippen molar-refractivity contribution in [3.05, 3.63) is 76.6 Å². The Bertz CT molecular complexity index is 1400. The Labute approximate surface area is 211 Å². The summed E-state index contributed by atoms with van der Waals surface area (Å²) in [4.78, 5) is 28.3. The van der Waals surface area contributed by atoms with E-state index >= 15 is 0 Å². The predicted octanol–water partition coefficient (Wildman–Crippen LogP) is 6.33. The molecule has 1 aliphatic carbocycles. The molecule has 1 heterocycles. The lowest BCUT2D eigenvalue weighted by Gasteiger charge is -2.20. The first-order valence-corrected chi connectivity index (χ1v) is 11.1. The van der Waals surface area contributed by atoms with Gasteiger partial charge in [0.15, 0.2) is 0 Å². The van der Waals surface area contributed by atoms with E-state index in [4.69, 9.17) is 10.5 Å². The fourth-order valence-electron chi connectivity index (χ4n) is 3.85. The number of hydrogen-bond acceptors (Lipinski definition) is 5. The number of hydrogen-bond donors (Lipinski definition) is 2. The van der Waals surface area contributed by atoms with Gasteiger partial charge in [0, 0.05) is 17.4 Å². The van der Waals surface area contributed by atoms with Crippen LogP contribution in [0, 0.1) is 6.92 Å². The SMILES string of the molecule is Cc1c(C(F)(F)F)ccc(Oc2ccc(OC(F)(F)F)cc2C2CC2)c1C(=O)Nc1ccnc(C(N)=O)c1. The van der Waals surface area contributed by atoms with Crippen molar-refractivity contribution in [3.63, 3.8) is 0 Å². The minimum atomic E-state index is -4.92. The monoisotopic (exact) mass is 539 g/mol. The van der Waals surface area contributed by atoms with Crippen molar-refractivity contribution < 1.29 is 45.4 Å². The summed E-state index contributed by atoms with van der Waals surface area (Å²) in [6.45, 7) is 1.09. The van der Waals surface area contributed by atoms with Gasteiger partial charge in [0.05, 0.1) is 11.1 Å². The molecule has 38 heavy (non-hydrogen) atoms. The van der Waals surface area contributed by atoms with E-state index in [0.29, 0.717) is 18.4 Å². The number of halogens is 6. The summed E-state index contributed by atoms with van der Waals surface area (Å²) < 4.78 is 88.8. The molecule has 1 saturated carbocycles. The lowest BCUT2D eigenvalue weighted by atomic mass is 9.99. The van der Waals surface area contributed by atoms with Gasteiger partial charge in [-0.05, 0) is 73.7 Å². The van der Waals surface area contributed by atoms with Crippen LogP contribution in [0.4, 0.5) is 32.0 Å². The van der Waals surface area contributed by atoms with Crippen molar-refractivity contribution in [1.29, 1.82) is 0 Å². The third-order valence-corrected chi connectivity index (χ3v) is 5.68. The van der Waals surface area contributed by atoms with Gasteiger partial charge in [0.1, 0.15) is 22.9 Å². The molecule has 3 aromatic rings. The fraction of sp³-hybridized carbons (Fsp3) is 0.240. The Hall–Kier alpha value is -4.29. The molecule has 4 rings (SSSR count). The minimum absolute atomic E-state index is 0.0360. The first-order valence-electron chi connectivity index (χ1n) is 11.1. The number of alkyl halides is 6. The molecule has 7 nitrogen and oxygen atoms in total. The van der Waals surface area contributed by atoms with Gasteiger partial charge in [-0.15, -0.1) is 13.2 Å². The van der Waals surface area contributed by atoms with Crippen LogP contribution in [-0.4, -0.2) is 23.2 Å². The van der Waals surface area contributed by atoms with E-state index in [1.54, 1.807) is 0 Å². The summed E-state index contributed by atoms with van der Waals surface area (Å²) in [7, 11) is 0. The van der Waals surface area contributed by atoms with Crippen LogP contribution in [0.1, 0.15) is 56.3 Å². The molecule has 3 N–H and O–H groups in total. The third kappa shape index (κ3) is 6.15. The number of aromatic nitrogens is 1. The van der Waals surface area contributed by atoms with Gasteiger partial charge in [0.2, 0.25) is 0 Å². The average Bonchev–Trinajstić information content (AvgIpc) is 3.64. The summed E-state index contributed by atoms with van der Waals surface area (Å²) in [5, 5.41) is 2.40. The summed E-state index contributed by atoms with van der Waals surface area (Å²) in [5.41, 5.74) is 3.40. The highest BCUT2D eigenvalue weighted by Gasteiger charge is 2.36. The maximum atomic E-state index is 13.6. The van der Waals surface area contributed by atoms with Gasteiger partial charge < -0.3 is 20.5 Å². The van der Waals surface area contributed by atoms with Gasteiger partial charge in [-0.1, -0.05) is 0 Å². The Balaban J connectivity index is 1.74. The molecule has 0 atom stereocenters. The summed E-state index contributed by atoms with van der Waals surface area (Å²) in [5.74, 6) is -2.69. The highest BCUT2D eigenvalue weighted by Crippen LogP contribution is 2.47. The molecular weight excluding hydrogens is 520 g/mol. The first kappa shape index (κ1) is 26.8. The molecule has 2 amide bonds. The van der Waals surface area contributed by atoms with Crippen LogP contribution in [0.25, 0.3) is 0 Å². The quantitative estimate of drug-likeness (QED) is 0.342. The molecule has 2 aromatic carbocycles. The number of nitrogens with one attached hydrogen (secondary N) is 1. The van der Waals surface area contributed by atoms with Gasteiger partial charge in [0.25, 0.3) is 11.8 Å². The van der Waals surface area contributed by atoms with Crippen LogP contribution < -0.4 is 20.5 Å². The lowest BCUT2D eigenvalue weighted by molar-refractivity contribution is -0.274. The zero-order valence-corrected chi connectivity index (χ0v) is 19.5. The minimum Gasteiger partial charge on any atom is -0.456 e. The Morgan fingerprint density at radius 2 is 1.68 bits per heavy atom. The fourth-order valence-corrected chi connectivity index (χ4v) is 3.85. The van der Waals surface area contributed by atoms with Crippen LogP contribution >= 0.6 is 0 Å². The second-order valence-corrected chi connectivity index (χ2v) is 8.48. The van der Waals surface area contributed by atoms with Crippen LogP contribution in [0.15, 0.2) is 48.7 Å². The molecule has 1 aromatic heterocycles. The van der Waals surface area contributed by atoms with E-state index in [1.165, 1.54) is 18.3 Å². The molecule has 0 bridgehead atoms. The molecule has 0 radical (unpaired) electrons. The van der Waals surface area contributed by atoms with Crippen LogP contribution in [0.2, 0.25) is 0 Å². The van der Waals surface area contributed by atoms with Crippen molar-refractivity contribution in [2.45, 2.75) is 38.2 Å². The highest BCUT2D eigenvalue weighted by molar-refractivity contribution is 6.08. The van der Waals surface area contributed by atoms with Crippen LogP contribution in [0.5, 0.6) is 17.2 Å². The Morgan fingerprint density at radius 3 is 2.29 bits per heavy atom. The molecular formula is C25H19F6N3O4. The summed E-state index contributed by atoms with van der Waals surface area (Å²) in [6.07, 6.45) is -7.20. The van der Waals surface area contributed by atoms with Crippen molar-refractivity contribution in [3.8, 4) is 17.2 Å². The normalized spacial score (nSPS) is 13.7. The maximum absolute atomic E-state index is 13.6.